The molecule has 1 atom stereocenters. The molecule has 22 heavy (non-hydrogen) atoms. The molecule has 0 radical (unpaired) electrons. The highest BCUT2D eigenvalue weighted by Crippen LogP contribution is 2.28. The standard InChI is InChI=1S/C20H20O2/c1-3-7-17(8-4-1)14-21-12-11-18-13-20(16-22-15-18)19-9-5-2-6-10-19/h1-12,15,20H,13-14,16H2/b12-11+. The van der Waals surface area contributed by atoms with Crippen molar-refractivity contribution in [1.82, 2.24) is 0 Å². The normalized spacial score (nSPS) is 17.8. The molecule has 2 nitrogen and oxygen atoms in total. The predicted molar refractivity (Wildman–Crippen MR) is 88.2 cm³/mol. The molecular formula is C20H20O2. The van der Waals surface area contributed by atoms with Crippen LogP contribution in [-0.2, 0) is 16.1 Å². The van der Waals surface area contributed by atoms with Gasteiger partial charge in [0.15, 0.2) is 0 Å². The molecule has 0 N–H and O–H groups in total. The zero-order valence-corrected chi connectivity index (χ0v) is 12.5. The number of rotatable bonds is 5. The van der Waals surface area contributed by atoms with Gasteiger partial charge in [0.25, 0.3) is 0 Å². The summed E-state index contributed by atoms with van der Waals surface area (Å²) >= 11 is 0. The molecule has 112 valence electrons. The molecule has 2 aromatic carbocycles. The average Bonchev–Trinajstić information content (AvgIpc) is 2.61. The van der Waals surface area contributed by atoms with E-state index in [0.717, 1.165) is 18.6 Å². The van der Waals surface area contributed by atoms with Crippen molar-refractivity contribution in [3.63, 3.8) is 0 Å². The Bertz CT molecular complexity index is 629. The van der Waals surface area contributed by atoms with Crippen LogP contribution in [0.25, 0.3) is 0 Å². The van der Waals surface area contributed by atoms with Gasteiger partial charge in [-0.05, 0) is 29.2 Å². The minimum absolute atomic E-state index is 0.417. The van der Waals surface area contributed by atoms with Crippen molar-refractivity contribution in [2.75, 3.05) is 6.61 Å². The average molecular weight is 292 g/mol. The molecule has 0 aliphatic carbocycles. The van der Waals surface area contributed by atoms with E-state index in [2.05, 4.69) is 36.4 Å². The lowest BCUT2D eigenvalue weighted by atomic mass is 9.92. The number of ether oxygens (including phenoxy) is 2. The minimum atomic E-state index is 0.417. The number of hydrogen-bond donors (Lipinski definition) is 0. The Hall–Kier alpha value is -2.48. The summed E-state index contributed by atoms with van der Waals surface area (Å²) in [6.45, 7) is 1.33. The smallest absolute Gasteiger partial charge is 0.112 e. The van der Waals surface area contributed by atoms with Gasteiger partial charge in [0.2, 0.25) is 0 Å². The molecule has 1 aliphatic rings. The van der Waals surface area contributed by atoms with Gasteiger partial charge in [-0.3, -0.25) is 0 Å². The van der Waals surface area contributed by atoms with Crippen molar-refractivity contribution in [3.05, 3.63) is 96.0 Å². The lowest BCUT2D eigenvalue weighted by Gasteiger charge is -2.22. The first-order valence-electron chi connectivity index (χ1n) is 7.59. The highest BCUT2D eigenvalue weighted by Gasteiger charge is 2.16. The van der Waals surface area contributed by atoms with Crippen LogP contribution in [0.2, 0.25) is 0 Å². The molecule has 0 fully saturated rings. The van der Waals surface area contributed by atoms with Crippen LogP contribution in [0.5, 0.6) is 0 Å². The molecular weight excluding hydrogens is 272 g/mol. The Morgan fingerprint density at radius 1 is 1.00 bits per heavy atom. The van der Waals surface area contributed by atoms with Gasteiger partial charge in [-0.25, -0.2) is 0 Å². The summed E-state index contributed by atoms with van der Waals surface area (Å²) in [6, 6.07) is 20.7. The van der Waals surface area contributed by atoms with Crippen LogP contribution in [0.15, 0.2) is 84.8 Å². The first-order valence-corrected chi connectivity index (χ1v) is 7.59. The molecule has 0 bridgehead atoms. The van der Waals surface area contributed by atoms with Gasteiger partial charge < -0.3 is 9.47 Å². The first kappa shape index (κ1) is 14.5. The Morgan fingerprint density at radius 2 is 1.73 bits per heavy atom. The van der Waals surface area contributed by atoms with Crippen LogP contribution < -0.4 is 0 Å². The zero-order valence-electron chi connectivity index (χ0n) is 12.5. The van der Waals surface area contributed by atoms with E-state index in [1.807, 2.05) is 36.6 Å². The second-order valence-corrected chi connectivity index (χ2v) is 5.44. The molecule has 1 unspecified atom stereocenters. The molecule has 2 aromatic rings. The van der Waals surface area contributed by atoms with E-state index in [9.17, 15) is 0 Å². The maximum atomic E-state index is 5.60. The Kier molecular flexibility index (Phi) is 4.93. The number of benzene rings is 2. The minimum Gasteiger partial charge on any atom is -0.500 e. The van der Waals surface area contributed by atoms with Crippen LogP contribution in [0, 0.1) is 0 Å². The predicted octanol–water partition coefficient (Wildman–Crippen LogP) is 4.80. The Morgan fingerprint density at radius 3 is 2.50 bits per heavy atom. The fraction of sp³-hybridized carbons (Fsp3) is 0.200. The van der Waals surface area contributed by atoms with Gasteiger partial charge in [0.1, 0.15) is 6.61 Å². The summed E-state index contributed by atoms with van der Waals surface area (Å²) in [5.41, 5.74) is 3.66. The maximum Gasteiger partial charge on any atom is 0.112 e. The molecule has 0 amide bonds. The first-order chi connectivity index (χ1) is 10.9. The SMILES string of the molecule is C1=C(/C=C/OCc2ccccc2)CC(c2ccccc2)CO1. The summed E-state index contributed by atoms with van der Waals surface area (Å²) < 4.78 is 11.2. The van der Waals surface area contributed by atoms with E-state index >= 15 is 0 Å². The lowest BCUT2D eigenvalue weighted by molar-refractivity contribution is 0.204. The monoisotopic (exact) mass is 292 g/mol. The fourth-order valence-electron chi connectivity index (χ4n) is 2.56. The van der Waals surface area contributed by atoms with Crippen LogP contribution in [-0.4, -0.2) is 6.61 Å². The molecule has 0 aromatic heterocycles. The lowest BCUT2D eigenvalue weighted by Crippen LogP contribution is -2.11. The van der Waals surface area contributed by atoms with Crippen molar-refractivity contribution in [2.24, 2.45) is 0 Å². The second-order valence-electron chi connectivity index (χ2n) is 5.44. The van der Waals surface area contributed by atoms with Crippen molar-refractivity contribution >= 4 is 0 Å². The van der Waals surface area contributed by atoms with Gasteiger partial charge in [-0.1, -0.05) is 60.7 Å². The van der Waals surface area contributed by atoms with Crippen molar-refractivity contribution in [1.29, 1.82) is 0 Å². The third kappa shape index (κ3) is 4.01. The van der Waals surface area contributed by atoms with Gasteiger partial charge >= 0.3 is 0 Å². The van der Waals surface area contributed by atoms with E-state index in [4.69, 9.17) is 9.47 Å². The van der Waals surface area contributed by atoms with Crippen molar-refractivity contribution in [3.8, 4) is 0 Å². The second kappa shape index (κ2) is 7.51. The van der Waals surface area contributed by atoms with Crippen LogP contribution >= 0.6 is 0 Å². The molecule has 1 heterocycles. The summed E-state index contributed by atoms with van der Waals surface area (Å²) in [5.74, 6) is 0.417. The van der Waals surface area contributed by atoms with E-state index in [-0.39, 0.29) is 0 Å². The summed E-state index contributed by atoms with van der Waals surface area (Å²) in [7, 11) is 0. The van der Waals surface area contributed by atoms with Crippen LogP contribution in [0.4, 0.5) is 0 Å². The van der Waals surface area contributed by atoms with Crippen LogP contribution in [0.3, 0.4) is 0 Å². The highest BCUT2D eigenvalue weighted by molar-refractivity contribution is 5.26. The van der Waals surface area contributed by atoms with Gasteiger partial charge in [-0.2, -0.15) is 0 Å². The highest BCUT2D eigenvalue weighted by atomic mass is 16.5. The maximum absolute atomic E-state index is 5.60. The quantitative estimate of drug-likeness (QED) is 0.737. The van der Waals surface area contributed by atoms with E-state index in [0.29, 0.717) is 12.5 Å². The van der Waals surface area contributed by atoms with Gasteiger partial charge in [0, 0.05) is 5.92 Å². The number of hydrogen-bond acceptors (Lipinski definition) is 2. The fourth-order valence-corrected chi connectivity index (χ4v) is 2.56. The van der Waals surface area contributed by atoms with Crippen molar-refractivity contribution in [2.45, 2.75) is 18.9 Å². The third-order valence-electron chi connectivity index (χ3n) is 3.76. The topological polar surface area (TPSA) is 18.5 Å². The Balaban J connectivity index is 1.52. The zero-order chi connectivity index (χ0) is 15.0. The Labute approximate surface area is 131 Å². The molecule has 0 spiro atoms. The molecule has 0 saturated heterocycles. The summed E-state index contributed by atoms with van der Waals surface area (Å²) in [5, 5.41) is 0. The van der Waals surface area contributed by atoms with E-state index in [1.165, 1.54) is 11.1 Å². The molecule has 1 aliphatic heterocycles. The molecule has 2 heteroatoms. The molecule has 0 saturated carbocycles. The summed E-state index contributed by atoms with van der Waals surface area (Å²) in [6.07, 6.45) is 6.57. The van der Waals surface area contributed by atoms with Crippen LogP contribution in [0.1, 0.15) is 23.5 Å². The van der Waals surface area contributed by atoms with E-state index in [1.54, 1.807) is 6.26 Å². The van der Waals surface area contributed by atoms with Gasteiger partial charge in [0.05, 0.1) is 19.1 Å². The van der Waals surface area contributed by atoms with Gasteiger partial charge in [-0.15, -0.1) is 0 Å². The van der Waals surface area contributed by atoms with Crippen molar-refractivity contribution < 1.29 is 9.47 Å². The molecule has 3 rings (SSSR count). The third-order valence-corrected chi connectivity index (χ3v) is 3.76. The summed E-state index contributed by atoms with van der Waals surface area (Å²) in [4.78, 5) is 0. The number of allylic oxidation sites excluding steroid dienone is 2. The largest absolute Gasteiger partial charge is 0.500 e. The van der Waals surface area contributed by atoms with E-state index < -0.39 is 0 Å².